The predicted octanol–water partition coefficient (Wildman–Crippen LogP) is 2.24. The van der Waals surface area contributed by atoms with Crippen LogP contribution in [0.3, 0.4) is 0 Å². The summed E-state index contributed by atoms with van der Waals surface area (Å²) in [6, 6.07) is 6.72. The van der Waals surface area contributed by atoms with Gasteiger partial charge in [0.15, 0.2) is 0 Å². The zero-order chi connectivity index (χ0) is 11.4. The summed E-state index contributed by atoms with van der Waals surface area (Å²) in [5, 5.41) is 11.9. The molecular formula is C13H15FN2. The second-order valence-corrected chi connectivity index (χ2v) is 4.32. The molecule has 1 aliphatic rings. The third-order valence-electron chi connectivity index (χ3n) is 3.15. The molecule has 2 nitrogen and oxygen atoms in total. The lowest BCUT2D eigenvalue weighted by Gasteiger charge is -2.22. The highest BCUT2D eigenvalue weighted by Crippen LogP contribution is 2.20. The van der Waals surface area contributed by atoms with Crippen LogP contribution in [-0.4, -0.2) is 13.1 Å². The van der Waals surface area contributed by atoms with Crippen LogP contribution >= 0.6 is 0 Å². The quantitative estimate of drug-likeness (QED) is 0.826. The SMILES string of the molecule is N#Cc1ccc(CC2CCNCC2)c(F)c1. The highest BCUT2D eigenvalue weighted by atomic mass is 19.1. The number of nitrogens with zero attached hydrogens (tertiary/aromatic N) is 1. The summed E-state index contributed by atoms with van der Waals surface area (Å²) in [6.45, 7) is 2.06. The summed E-state index contributed by atoms with van der Waals surface area (Å²) in [5.74, 6) is 0.335. The summed E-state index contributed by atoms with van der Waals surface area (Å²) < 4.78 is 13.6. The van der Waals surface area contributed by atoms with Crippen LogP contribution < -0.4 is 5.32 Å². The van der Waals surface area contributed by atoms with Crippen LogP contribution in [0.15, 0.2) is 18.2 Å². The van der Waals surface area contributed by atoms with Crippen LogP contribution in [0.5, 0.6) is 0 Å². The van der Waals surface area contributed by atoms with Crippen LogP contribution in [0.1, 0.15) is 24.0 Å². The molecule has 1 fully saturated rings. The average molecular weight is 218 g/mol. The molecule has 0 aromatic heterocycles. The molecule has 0 atom stereocenters. The molecule has 0 aliphatic carbocycles. The first kappa shape index (κ1) is 11.1. The molecule has 0 unspecified atom stereocenters. The Hall–Kier alpha value is -1.40. The number of piperidine rings is 1. The van der Waals surface area contributed by atoms with Gasteiger partial charge < -0.3 is 5.32 Å². The topological polar surface area (TPSA) is 35.8 Å². The average Bonchev–Trinajstić information content (AvgIpc) is 2.33. The zero-order valence-corrected chi connectivity index (χ0v) is 9.17. The number of benzene rings is 1. The highest BCUT2D eigenvalue weighted by Gasteiger charge is 2.15. The molecule has 84 valence electrons. The van der Waals surface area contributed by atoms with Crippen LogP contribution in [-0.2, 0) is 6.42 Å². The van der Waals surface area contributed by atoms with Crippen molar-refractivity contribution < 1.29 is 4.39 Å². The molecule has 1 heterocycles. The van der Waals surface area contributed by atoms with Gasteiger partial charge in [0.1, 0.15) is 5.82 Å². The largest absolute Gasteiger partial charge is 0.317 e. The molecule has 3 heteroatoms. The maximum Gasteiger partial charge on any atom is 0.127 e. The summed E-state index contributed by atoms with van der Waals surface area (Å²) in [5.41, 5.74) is 1.14. The Morgan fingerprint density at radius 3 is 2.75 bits per heavy atom. The van der Waals surface area contributed by atoms with Crippen molar-refractivity contribution in [2.75, 3.05) is 13.1 Å². The van der Waals surface area contributed by atoms with E-state index in [1.807, 2.05) is 6.07 Å². The molecule has 2 rings (SSSR count). The Balaban J connectivity index is 2.06. The van der Waals surface area contributed by atoms with Gasteiger partial charge in [-0.1, -0.05) is 6.07 Å². The van der Waals surface area contributed by atoms with Crippen molar-refractivity contribution >= 4 is 0 Å². The minimum absolute atomic E-state index is 0.238. The smallest absolute Gasteiger partial charge is 0.127 e. The second kappa shape index (κ2) is 5.09. The van der Waals surface area contributed by atoms with Gasteiger partial charge in [0.05, 0.1) is 11.6 Å². The molecule has 1 N–H and O–H groups in total. The van der Waals surface area contributed by atoms with E-state index in [4.69, 9.17) is 5.26 Å². The van der Waals surface area contributed by atoms with Crippen molar-refractivity contribution in [3.8, 4) is 6.07 Å². The van der Waals surface area contributed by atoms with Gasteiger partial charge >= 0.3 is 0 Å². The van der Waals surface area contributed by atoms with E-state index >= 15 is 0 Å². The minimum Gasteiger partial charge on any atom is -0.317 e. The number of hydrogen-bond acceptors (Lipinski definition) is 2. The van der Waals surface area contributed by atoms with Crippen molar-refractivity contribution in [1.29, 1.82) is 5.26 Å². The van der Waals surface area contributed by atoms with Gasteiger partial charge in [0, 0.05) is 0 Å². The van der Waals surface area contributed by atoms with E-state index in [0.717, 1.165) is 37.9 Å². The van der Waals surface area contributed by atoms with E-state index < -0.39 is 0 Å². The van der Waals surface area contributed by atoms with Gasteiger partial charge in [-0.05, 0) is 56.0 Å². The van der Waals surface area contributed by atoms with Crippen molar-refractivity contribution in [3.05, 3.63) is 35.1 Å². The summed E-state index contributed by atoms with van der Waals surface area (Å²) in [4.78, 5) is 0. The Bertz CT molecular complexity index is 403. The Morgan fingerprint density at radius 2 is 2.12 bits per heavy atom. The first-order chi connectivity index (χ1) is 7.79. The molecular weight excluding hydrogens is 203 g/mol. The molecule has 1 aromatic rings. The first-order valence-electron chi connectivity index (χ1n) is 5.69. The van der Waals surface area contributed by atoms with E-state index in [9.17, 15) is 4.39 Å². The lowest BCUT2D eigenvalue weighted by Crippen LogP contribution is -2.28. The monoisotopic (exact) mass is 218 g/mol. The fourth-order valence-corrected chi connectivity index (χ4v) is 2.18. The number of nitrogens with one attached hydrogen (secondary N) is 1. The Morgan fingerprint density at radius 1 is 1.38 bits per heavy atom. The fraction of sp³-hybridized carbons (Fsp3) is 0.462. The maximum atomic E-state index is 13.6. The molecule has 0 spiro atoms. The Kier molecular flexibility index (Phi) is 3.53. The lowest BCUT2D eigenvalue weighted by atomic mass is 9.90. The van der Waals surface area contributed by atoms with Gasteiger partial charge in [-0.25, -0.2) is 4.39 Å². The summed E-state index contributed by atoms with van der Waals surface area (Å²) in [7, 11) is 0. The second-order valence-electron chi connectivity index (χ2n) is 4.32. The van der Waals surface area contributed by atoms with Crippen LogP contribution in [0, 0.1) is 23.1 Å². The molecule has 0 saturated carbocycles. The van der Waals surface area contributed by atoms with Crippen molar-refractivity contribution in [2.45, 2.75) is 19.3 Å². The summed E-state index contributed by atoms with van der Waals surface area (Å²) in [6.07, 6.45) is 3.01. The number of nitriles is 1. The van der Waals surface area contributed by atoms with Crippen molar-refractivity contribution in [2.24, 2.45) is 5.92 Å². The molecule has 1 saturated heterocycles. The molecule has 0 radical (unpaired) electrons. The normalized spacial score (nSPS) is 17.0. The number of rotatable bonds is 2. The van der Waals surface area contributed by atoms with E-state index in [1.165, 1.54) is 6.07 Å². The third-order valence-corrected chi connectivity index (χ3v) is 3.15. The van der Waals surface area contributed by atoms with Gasteiger partial charge in [-0.3, -0.25) is 0 Å². The van der Waals surface area contributed by atoms with E-state index in [0.29, 0.717) is 11.5 Å². The van der Waals surface area contributed by atoms with Crippen LogP contribution in [0.25, 0.3) is 0 Å². The molecule has 1 aliphatic heterocycles. The lowest BCUT2D eigenvalue weighted by molar-refractivity contribution is 0.368. The van der Waals surface area contributed by atoms with Gasteiger partial charge in [-0.15, -0.1) is 0 Å². The first-order valence-corrected chi connectivity index (χ1v) is 5.69. The van der Waals surface area contributed by atoms with Crippen molar-refractivity contribution in [1.82, 2.24) is 5.32 Å². The predicted molar refractivity (Wildman–Crippen MR) is 60.4 cm³/mol. The standard InChI is InChI=1S/C13H15FN2/c14-13-8-11(9-15)1-2-12(13)7-10-3-5-16-6-4-10/h1-2,8,10,16H,3-7H2. The Labute approximate surface area is 95.1 Å². The maximum absolute atomic E-state index is 13.6. The van der Waals surface area contributed by atoms with Crippen molar-refractivity contribution in [3.63, 3.8) is 0 Å². The van der Waals surface area contributed by atoms with Gasteiger partial charge in [0.2, 0.25) is 0 Å². The van der Waals surface area contributed by atoms with E-state index in [2.05, 4.69) is 5.32 Å². The fourth-order valence-electron chi connectivity index (χ4n) is 2.18. The van der Waals surface area contributed by atoms with Gasteiger partial charge in [-0.2, -0.15) is 5.26 Å². The third kappa shape index (κ3) is 2.59. The zero-order valence-electron chi connectivity index (χ0n) is 9.17. The van der Waals surface area contributed by atoms with Crippen LogP contribution in [0.2, 0.25) is 0 Å². The molecule has 0 bridgehead atoms. The molecule has 16 heavy (non-hydrogen) atoms. The summed E-state index contributed by atoms with van der Waals surface area (Å²) >= 11 is 0. The highest BCUT2D eigenvalue weighted by molar-refractivity contribution is 5.33. The van der Waals surface area contributed by atoms with Gasteiger partial charge in [0.25, 0.3) is 0 Å². The number of hydrogen-bond donors (Lipinski definition) is 1. The van der Waals surface area contributed by atoms with Crippen LogP contribution in [0.4, 0.5) is 4.39 Å². The number of halogens is 1. The van der Waals surface area contributed by atoms with E-state index in [1.54, 1.807) is 12.1 Å². The minimum atomic E-state index is -0.238. The molecule has 1 aromatic carbocycles. The van der Waals surface area contributed by atoms with E-state index in [-0.39, 0.29) is 5.82 Å². The molecule has 0 amide bonds.